The highest BCUT2D eigenvalue weighted by Gasteiger charge is 2.11. The number of nitrogens with two attached hydrogens (primary N) is 1. The summed E-state index contributed by atoms with van der Waals surface area (Å²) in [4.78, 5) is 4.40. The van der Waals surface area contributed by atoms with Gasteiger partial charge in [0.25, 0.3) is 5.89 Å². The molecular weight excluding hydrogens is 386 g/mol. The van der Waals surface area contributed by atoms with Gasteiger partial charge in [-0.15, -0.1) is 0 Å². The molecule has 2 aromatic carbocycles. The number of nitrogen functional groups attached to an aromatic ring is 1. The summed E-state index contributed by atoms with van der Waals surface area (Å²) in [7, 11) is 0. The summed E-state index contributed by atoms with van der Waals surface area (Å²) in [6.07, 6.45) is 0. The smallest absolute Gasteiger partial charge is 0.258 e. The van der Waals surface area contributed by atoms with E-state index in [0.29, 0.717) is 17.4 Å². The third kappa shape index (κ3) is 2.76. The van der Waals surface area contributed by atoms with Crippen LogP contribution in [0.4, 0.5) is 5.69 Å². The van der Waals surface area contributed by atoms with Gasteiger partial charge in [0.15, 0.2) is 0 Å². The third-order valence-corrected chi connectivity index (χ3v) is 3.63. The van der Waals surface area contributed by atoms with E-state index in [1.54, 1.807) is 6.07 Å². The summed E-state index contributed by atoms with van der Waals surface area (Å²) in [6.45, 7) is 0. The van der Waals surface area contributed by atoms with Gasteiger partial charge in [-0.25, -0.2) is 0 Å². The number of hydrogen-bond acceptors (Lipinski definition) is 4. The van der Waals surface area contributed by atoms with E-state index in [2.05, 4.69) is 42.0 Å². The van der Waals surface area contributed by atoms with Crippen molar-refractivity contribution in [2.24, 2.45) is 0 Å². The van der Waals surface area contributed by atoms with Crippen LogP contribution in [0.1, 0.15) is 0 Å². The van der Waals surface area contributed by atoms with Crippen molar-refractivity contribution in [3.05, 3.63) is 51.4 Å². The Morgan fingerprint density at radius 3 is 2.50 bits per heavy atom. The summed E-state index contributed by atoms with van der Waals surface area (Å²) in [5.41, 5.74) is 8.11. The van der Waals surface area contributed by atoms with Crippen molar-refractivity contribution < 1.29 is 4.52 Å². The minimum Gasteiger partial charge on any atom is -0.399 e. The number of hydrogen-bond donors (Lipinski definition) is 1. The molecule has 1 aromatic heterocycles. The molecule has 0 bridgehead atoms. The molecule has 3 aromatic rings. The molecule has 1 heterocycles. The quantitative estimate of drug-likeness (QED) is 0.649. The van der Waals surface area contributed by atoms with E-state index >= 15 is 0 Å². The Morgan fingerprint density at radius 1 is 0.950 bits per heavy atom. The highest BCUT2D eigenvalue weighted by molar-refractivity contribution is 9.10. The Labute approximate surface area is 132 Å². The fourth-order valence-corrected chi connectivity index (χ4v) is 2.73. The molecule has 0 aliphatic heterocycles. The van der Waals surface area contributed by atoms with Crippen LogP contribution in [0.5, 0.6) is 0 Å². The van der Waals surface area contributed by atoms with Gasteiger partial charge in [0.1, 0.15) is 0 Å². The second-order valence-corrected chi connectivity index (χ2v) is 6.04. The van der Waals surface area contributed by atoms with Gasteiger partial charge in [-0.3, -0.25) is 0 Å². The summed E-state index contributed by atoms with van der Waals surface area (Å²) >= 11 is 6.82. The van der Waals surface area contributed by atoms with Crippen LogP contribution in [-0.4, -0.2) is 10.1 Å². The first-order valence-corrected chi connectivity index (χ1v) is 7.36. The molecule has 0 radical (unpaired) electrons. The molecule has 100 valence electrons. The maximum atomic E-state index is 5.81. The van der Waals surface area contributed by atoms with Crippen molar-refractivity contribution in [2.75, 3.05) is 5.73 Å². The zero-order chi connectivity index (χ0) is 14.1. The topological polar surface area (TPSA) is 64.9 Å². The number of rotatable bonds is 2. The molecular formula is C14H9Br2N3O. The predicted molar refractivity (Wildman–Crippen MR) is 85.0 cm³/mol. The maximum Gasteiger partial charge on any atom is 0.258 e. The first-order chi connectivity index (χ1) is 9.61. The van der Waals surface area contributed by atoms with Crippen LogP contribution >= 0.6 is 31.9 Å². The van der Waals surface area contributed by atoms with Gasteiger partial charge in [0, 0.05) is 25.8 Å². The van der Waals surface area contributed by atoms with E-state index in [9.17, 15) is 0 Å². The molecule has 0 atom stereocenters. The minimum absolute atomic E-state index is 0.438. The van der Waals surface area contributed by atoms with Crippen LogP contribution in [-0.2, 0) is 0 Å². The fourth-order valence-electron chi connectivity index (χ4n) is 1.82. The van der Waals surface area contributed by atoms with Gasteiger partial charge in [-0.2, -0.15) is 4.98 Å². The summed E-state index contributed by atoms with van der Waals surface area (Å²) in [5.74, 6) is 0.979. The van der Waals surface area contributed by atoms with E-state index in [1.807, 2.05) is 36.4 Å². The van der Waals surface area contributed by atoms with Crippen molar-refractivity contribution in [2.45, 2.75) is 0 Å². The highest BCUT2D eigenvalue weighted by Crippen LogP contribution is 2.27. The minimum atomic E-state index is 0.438. The lowest BCUT2D eigenvalue weighted by molar-refractivity contribution is 0.432. The number of halogens is 2. The number of aromatic nitrogens is 2. The van der Waals surface area contributed by atoms with E-state index in [-0.39, 0.29) is 0 Å². The molecule has 0 unspecified atom stereocenters. The van der Waals surface area contributed by atoms with Crippen molar-refractivity contribution >= 4 is 37.5 Å². The summed E-state index contributed by atoms with van der Waals surface area (Å²) < 4.78 is 7.14. The average molecular weight is 395 g/mol. The van der Waals surface area contributed by atoms with Gasteiger partial charge < -0.3 is 10.3 Å². The second kappa shape index (κ2) is 5.38. The Morgan fingerprint density at radius 2 is 1.75 bits per heavy atom. The molecule has 4 nitrogen and oxygen atoms in total. The lowest BCUT2D eigenvalue weighted by atomic mass is 10.2. The van der Waals surface area contributed by atoms with Gasteiger partial charge >= 0.3 is 0 Å². The van der Waals surface area contributed by atoms with Crippen molar-refractivity contribution in [1.82, 2.24) is 10.1 Å². The van der Waals surface area contributed by atoms with Crippen molar-refractivity contribution in [1.29, 1.82) is 0 Å². The Bertz CT molecular complexity index is 750. The van der Waals surface area contributed by atoms with E-state index in [1.165, 1.54) is 0 Å². The van der Waals surface area contributed by atoms with Crippen LogP contribution in [0, 0.1) is 0 Å². The van der Waals surface area contributed by atoms with E-state index < -0.39 is 0 Å². The Kier molecular flexibility index (Phi) is 3.58. The second-order valence-electron chi connectivity index (χ2n) is 4.21. The van der Waals surface area contributed by atoms with Gasteiger partial charge in [0.2, 0.25) is 5.82 Å². The van der Waals surface area contributed by atoms with Gasteiger partial charge in [-0.1, -0.05) is 49.1 Å². The van der Waals surface area contributed by atoms with Crippen LogP contribution in [0.2, 0.25) is 0 Å². The summed E-state index contributed by atoms with van der Waals surface area (Å²) in [6, 6.07) is 13.2. The van der Waals surface area contributed by atoms with Crippen LogP contribution < -0.4 is 5.73 Å². The van der Waals surface area contributed by atoms with Crippen LogP contribution in [0.3, 0.4) is 0 Å². The zero-order valence-electron chi connectivity index (χ0n) is 10.2. The van der Waals surface area contributed by atoms with E-state index in [0.717, 1.165) is 20.1 Å². The lowest BCUT2D eigenvalue weighted by Gasteiger charge is -1.98. The summed E-state index contributed by atoms with van der Waals surface area (Å²) in [5, 5.41) is 4.00. The highest BCUT2D eigenvalue weighted by atomic mass is 79.9. The largest absolute Gasteiger partial charge is 0.399 e. The Balaban J connectivity index is 2.02. The molecule has 0 aliphatic carbocycles. The van der Waals surface area contributed by atoms with E-state index in [4.69, 9.17) is 10.3 Å². The molecule has 0 spiro atoms. The number of nitrogens with zero attached hydrogens (tertiary/aromatic N) is 2. The molecule has 6 heteroatoms. The van der Waals surface area contributed by atoms with Crippen molar-refractivity contribution in [3.63, 3.8) is 0 Å². The van der Waals surface area contributed by atoms with Gasteiger partial charge in [-0.05, 0) is 30.3 Å². The first-order valence-electron chi connectivity index (χ1n) is 5.78. The molecule has 0 saturated carbocycles. The average Bonchev–Trinajstić information content (AvgIpc) is 2.87. The van der Waals surface area contributed by atoms with Crippen LogP contribution in [0.15, 0.2) is 55.9 Å². The lowest BCUT2D eigenvalue weighted by Crippen LogP contribution is -1.86. The number of anilines is 1. The molecule has 2 N–H and O–H groups in total. The normalized spacial score (nSPS) is 10.7. The van der Waals surface area contributed by atoms with Crippen molar-refractivity contribution in [3.8, 4) is 22.8 Å². The maximum absolute atomic E-state index is 5.81. The zero-order valence-corrected chi connectivity index (χ0v) is 13.3. The molecule has 0 amide bonds. The van der Waals surface area contributed by atoms with Gasteiger partial charge in [0.05, 0.1) is 0 Å². The third-order valence-electron chi connectivity index (χ3n) is 2.68. The molecule has 0 aliphatic rings. The standard InChI is InChI=1S/C14H9Br2N3O/c15-10-3-1-2-8(4-10)13-18-14(20-19-13)9-5-11(16)7-12(17)6-9/h1-7H,17H2. The fraction of sp³-hybridized carbons (Fsp3) is 0. The predicted octanol–water partition coefficient (Wildman–Crippen LogP) is 4.51. The first kappa shape index (κ1) is 13.3. The molecule has 0 saturated heterocycles. The number of benzene rings is 2. The SMILES string of the molecule is Nc1cc(Br)cc(-c2nc(-c3cccc(Br)c3)no2)c1. The molecule has 3 rings (SSSR count). The Hall–Kier alpha value is -1.66. The molecule has 0 fully saturated rings. The molecule has 20 heavy (non-hydrogen) atoms. The monoisotopic (exact) mass is 393 g/mol. The van der Waals surface area contributed by atoms with Crippen LogP contribution in [0.25, 0.3) is 22.8 Å².